The van der Waals surface area contributed by atoms with E-state index in [2.05, 4.69) is 24.5 Å². The molecular formula is C30H31F5N4O5. The van der Waals surface area contributed by atoms with Gasteiger partial charge in [0.25, 0.3) is 0 Å². The fourth-order valence-corrected chi connectivity index (χ4v) is 6.30. The quantitative estimate of drug-likeness (QED) is 0.233. The molecule has 0 radical (unpaired) electrons. The minimum Gasteiger partial charge on any atom is -0.484 e. The Morgan fingerprint density at radius 2 is 1.86 bits per heavy atom. The van der Waals surface area contributed by atoms with Crippen LogP contribution in [-0.4, -0.2) is 58.7 Å². The Bertz CT molecular complexity index is 1540. The van der Waals surface area contributed by atoms with Crippen molar-refractivity contribution in [2.45, 2.75) is 63.5 Å². The molecule has 14 heteroatoms. The first-order valence-corrected chi connectivity index (χ1v) is 14.4. The Morgan fingerprint density at radius 1 is 1.11 bits per heavy atom. The summed E-state index contributed by atoms with van der Waals surface area (Å²) in [5, 5.41) is 4.07. The number of benzene rings is 1. The number of ether oxygens (including phenoxy) is 4. The molecule has 0 N–H and O–H groups in total. The summed E-state index contributed by atoms with van der Waals surface area (Å²) in [7, 11) is 1.37. The maximum atomic E-state index is 14.2. The van der Waals surface area contributed by atoms with Gasteiger partial charge in [-0.05, 0) is 69.8 Å². The van der Waals surface area contributed by atoms with Gasteiger partial charge < -0.3 is 23.8 Å². The molecule has 3 aromatic rings. The molecule has 0 saturated carbocycles. The van der Waals surface area contributed by atoms with Crippen molar-refractivity contribution in [3.8, 4) is 22.9 Å². The van der Waals surface area contributed by atoms with E-state index in [1.807, 2.05) is 0 Å². The Kier molecular flexibility index (Phi) is 7.89. The smallest absolute Gasteiger partial charge is 0.484 e. The van der Waals surface area contributed by atoms with Gasteiger partial charge in [-0.2, -0.15) is 18.3 Å². The van der Waals surface area contributed by atoms with E-state index < -0.39 is 24.3 Å². The molecule has 44 heavy (non-hydrogen) atoms. The van der Waals surface area contributed by atoms with E-state index >= 15 is 0 Å². The molecule has 4 heterocycles. The second kappa shape index (κ2) is 11.5. The van der Waals surface area contributed by atoms with Crippen LogP contribution in [0, 0.1) is 5.92 Å². The van der Waals surface area contributed by atoms with Crippen molar-refractivity contribution in [1.82, 2.24) is 19.7 Å². The van der Waals surface area contributed by atoms with Gasteiger partial charge >= 0.3 is 18.4 Å². The molecule has 2 aromatic heterocycles. The molecule has 1 saturated heterocycles. The van der Waals surface area contributed by atoms with Crippen molar-refractivity contribution < 1.29 is 45.7 Å². The summed E-state index contributed by atoms with van der Waals surface area (Å²) in [6.07, 6.45) is -3.36. The average molecular weight is 623 g/mol. The number of nitrogens with zero attached hydrogens (tertiary/aromatic N) is 4. The van der Waals surface area contributed by atoms with Crippen molar-refractivity contribution in [3.63, 3.8) is 0 Å². The number of esters is 1. The number of fused-ring (bicyclic) bond motifs is 2. The van der Waals surface area contributed by atoms with Crippen LogP contribution in [0.2, 0.25) is 0 Å². The molecule has 9 nitrogen and oxygen atoms in total. The number of pyridine rings is 1. The van der Waals surface area contributed by atoms with Crippen molar-refractivity contribution in [1.29, 1.82) is 0 Å². The molecule has 2 atom stereocenters. The molecule has 236 valence electrons. The van der Waals surface area contributed by atoms with E-state index in [4.69, 9.17) is 9.47 Å². The van der Waals surface area contributed by atoms with Crippen molar-refractivity contribution in [3.05, 3.63) is 59.2 Å². The monoisotopic (exact) mass is 622 g/mol. The molecule has 1 unspecified atom stereocenters. The number of hydrogen-bond acceptors (Lipinski definition) is 8. The maximum Gasteiger partial charge on any atom is 0.586 e. The molecule has 2 aliphatic heterocycles. The van der Waals surface area contributed by atoms with Crippen LogP contribution in [0.3, 0.4) is 0 Å². The van der Waals surface area contributed by atoms with E-state index in [-0.39, 0.29) is 47.0 Å². The normalized spacial score (nSPS) is 20.7. The summed E-state index contributed by atoms with van der Waals surface area (Å²) >= 11 is 0. The fourth-order valence-electron chi connectivity index (χ4n) is 6.30. The van der Waals surface area contributed by atoms with Gasteiger partial charge in [-0.1, -0.05) is 6.07 Å². The van der Waals surface area contributed by atoms with Crippen LogP contribution < -0.4 is 14.2 Å². The van der Waals surface area contributed by atoms with E-state index in [1.54, 1.807) is 19.1 Å². The van der Waals surface area contributed by atoms with Crippen LogP contribution in [0.4, 0.5) is 22.0 Å². The lowest BCUT2D eigenvalue weighted by atomic mass is 9.85. The van der Waals surface area contributed by atoms with E-state index in [0.29, 0.717) is 62.3 Å². The highest BCUT2D eigenvalue weighted by atomic mass is 19.4. The fraction of sp³-hybridized carbons (Fsp3) is 0.500. The van der Waals surface area contributed by atoms with Gasteiger partial charge in [-0.25, -0.2) is 4.68 Å². The highest BCUT2D eigenvalue weighted by molar-refractivity contribution is 5.72. The Morgan fingerprint density at radius 3 is 2.59 bits per heavy atom. The van der Waals surface area contributed by atoms with Crippen LogP contribution >= 0.6 is 0 Å². The highest BCUT2D eigenvalue weighted by Gasteiger charge is 2.44. The van der Waals surface area contributed by atoms with E-state index in [1.165, 1.54) is 36.3 Å². The van der Waals surface area contributed by atoms with Crippen molar-refractivity contribution in [2.24, 2.45) is 5.92 Å². The zero-order valence-corrected chi connectivity index (χ0v) is 24.1. The van der Waals surface area contributed by atoms with Gasteiger partial charge in [0, 0.05) is 24.1 Å². The number of rotatable bonds is 7. The van der Waals surface area contributed by atoms with Gasteiger partial charge in [0.15, 0.2) is 17.2 Å². The van der Waals surface area contributed by atoms with Crippen molar-refractivity contribution >= 4 is 5.97 Å². The molecule has 1 aliphatic carbocycles. The highest BCUT2D eigenvalue weighted by Crippen LogP contribution is 2.44. The Hall–Kier alpha value is -3.94. The molecular weight excluding hydrogens is 591 g/mol. The SMILES string of the molecule is COC(=O)C1CCN(CC2CCCc3c(C(F)(F)F)nn(-c4cncc(O[C@@H](C)c5ccc6c(c5)OC(F)(F)O6)c4)c32)CC1. The summed E-state index contributed by atoms with van der Waals surface area (Å²) in [6.45, 7) is 3.52. The Labute approximate surface area is 249 Å². The second-order valence-corrected chi connectivity index (χ2v) is 11.3. The molecule has 1 aromatic carbocycles. The standard InChI is InChI=1S/C30H31F5N4O5/c1-17(19-6-7-24-25(12-19)44-30(34,35)43-24)42-22-13-21(14-36-15-22)39-26-20(4-3-5-23(26)27(37-39)29(31,32)33)16-38-10-8-18(9-11-38)28(40)41-2/h6-7,12-15,17-18,20H,3-5,8-11,16H2,1-2H3/t17-,20?/m0/s1. The van der Waals surface area contributed by atoms with Crippen molar-refractivity contribution in [2.75, 3.05) is 26.7 Å². The second-order valence-electron chi connectivity index (χ2n) is 11.3. The molecule has 0 bridgehead atoms. The van der Waals surface area contributed by atoms with E-state index in [0.717, 1.165) is 0 Å². The van der Waals surface area contributed by atoms with Gasteiger partial charge in [-0.3, -0.25) is 9.78 Å². The lowest BCUT2D eigenvalue weighted by Gasteiger charge is -2.35. The topological polar surface area (TPSA) is 87.9 Å². The largest absolute Gasteiger partial charge is 0.586 e. The van der Waals surface area contributed by atoms with Crippen LogP contribution in [0.25, 0.3) is 5.69 Å². The lowest BCUT2D eigenvalue weighted by molar-refractivity contribution is -0.286. The third-order valence-corrected chi connectivity index (χ3v) is 8.41. The summed E-state index contributed by atoms with van der Waals surface area (Å²) in [4.78, 5) is 18.4. The van der Waals surface area contributed by atoms with Crippen LogP contribution in [0.15, 0.2) is 36.7 Å². The van der Waals surface area contributed by atoms with Crippen LogP contribution in [-0.2, 0) is 22.1 Å². The number of carbonyl (C=O) groups is 1. The maximum absolute atomic E-state index is 14.2. The number of hydrogen-bond donors (Lipinski definition) is 0. The third kappa shape index (κ3) is 6.04. The molecule has 1 fully saturated rings. The summed E-state index contributed by atoms with van der Waals surface area (Å²) < 4.78 is 90.7. The Balaban J connectivity index is 1.26. The number of aromatic nitrogens is 3. The van der Waals surface area contributed by atoms with Gasteiger partial charge in [0.2, 0.25) is 0 Å². The van der Waals surface area contributed by atoms with Crippen LogP contribution in [0.1, 0.15) is 67.1 Å². The molecule has 0 spiro atoms. The molecule has 3 aliphatic rings. The summed E-state index contributed by atoms with van der Waals surface area (Å²) in [6, 6.07) is 5.86. The predicted octanol–water partition coefficient (Wildman–Crippen LogP) is 6.05. The predicted molar refractivity (Wildman–Crippen MR) is 145 cm³/mol. The number of alkyl halides is 5. The van der Waals surface area contributed by atoms with E-state index in [9.17, 15) is 26.7 Å². The number of likely N-dealkylation sites (tertiary alicyclic amines) is 1. The van der Waals surface area contributed by atoms with Gasteiger partial charge in [-0.15, -0.1) is 8.78 Å². The van der Waals surface area contributed by atoms with Gasteiger partial charge in [0.1, 0.15) is 11.9 Å². The zero-order chi connectivity index (χ0) is 31.2. The molecule has 0 amide bonds. The first-order chi connectivity index (χ1) is 20.9. The third-order valence-electron chi connectivity index (χ3n) is 8.41. The number of piperidine rings is 1. The zero-order valence-electron chi connectivity index (χ0n) is 24.1. The lowest BCUT2D eigenvalue weighted by Crippen LogP contribution is -2.39. The number of methoxy groups -OCH3 is 1. The minimum absolute atomic E-state index is 0.0964. The summed E-state index contributed by atoms with van der Waals surface area (Å²) in [5.41, 5.74) is 0.612. The van der Waals surface area contributed by atoms with Crippen LogP contribution in [0.5, 0.6) is 17.2 Å². The number of carbonyl (C=O) groups excluding carboxylic acids is 1. The first-order valence-electron chi connectivity index (χ1n) is 14.4. The molecule has 6 rings (SSSR count). The number of halogens is 5. The summed E-state index contributed by atoms with van der Waals surface area (Å²) in [5.74, 6) is -0.587. The average Bonchev–Trinajstić information content (AvgIpc) is 3.54. The first kappa shape index (κ1) is 30.1. The van der Waals surface area contributed by atoms with Gasteiger partial charge in [0.05, 0.1) is 36.8 Å². The minimum atomic E-state index is -4.64.